The number of benzene rings is 2. The highest BCUT2D eigenvalue weighted by molar-refractivity contribution is 5.82. The van der Waals surface area contributed by atoms with Gasteiger partial charge in [-0.05, 0) is 42.2 Å². The second-order valence-electron chi connectivity index (χ2n) is 6.44. The Morgan fingerprint density at radius 2 is 2.00 bits per heavy atom. The van der Waals surface area contributed by atoms with Crippen LogP contribution >= 0.6 is 0 Å². The summed E-state index contributed by atoms with van der Waals surface area (Å²) >= 11 is 0. The van der Waals surface area contributed by atoms with Gasteiger partial charge in [0.2, 0.25) is 0 Å². The fraction of sp³-hybridized carbons (Fsp3) is 0.300. The molecule has 1 aliphatic rings. The Bertz CT molecular complexity index is 845. The van der Waals surface area contributed by atoms with Gasteiger partial charge in [0.15, 0.2) is 17.7 Å². The van der Waals surface area contributed by atoms with E-state index in [1.54, 1.807) is 36.4 Å². The Morgan fingerprint density at radius 1 is 1.27 bits per heavy atom. The number of likely N-dealkylation sites (tertiary alicyclic amines) is 1. The average molecular weight is 354 g/mol. The summed E-state index contributed by atoms with van der Waals surface area (Å²) in [6.45, 7) is 0.773. The number of phenols is 1. The first kappa shape index (κ1) is 17.9. The van der Waals surface area contributed by atoms with Crippen molar-refractivity contribution in [2.45, 2.75) is 24.9 Å². The number of halogens is 1. The summed E-state index contributed by atoms with van der Waals surface area (Å²) < 4.78 is 14.2. The number of hydrogen-bond donors (Lipinski definition) is 2. The molecule has 0 bridgehead atoms. The molecule has 2 aromatic carbocycles. The van der Waals surface area contributed by atoms with E-state index >= 15 is 0 Å². The number of aromatic hydroxyl groups is 1. The van der Waals surface area contributed by atoms with Crippen LogP contribution in [0, 0.1) is 17.1 Å². The predicted octanol–water partition coefficient (Wildman–Crippen LogP) is 2.84. The van der Waals surface area contributed by atoms with Crippen molar-refractivity contribution in [2.24, 2.45) is 0 Å². The fourth-order valence-electron chi connectivity index (χ4n) is 3.34. The van der Waals surface area contributed by atoms with Crippen molar-refractivity contribution in [1.29, 1.82) is 5.26 Å². The lowest BCUT2D eigenvalue weighted by Gasteiger charge is -2.34. The molecular formula is C20H19FN2O3. The summed E-state index contributed by atoms with van der Waals surface area (Å²) in [5.74, 6) is -1.73. The molecule has 1 aliphatic heterocycles. The average Bonchev–Trinajstić information content (AvgIpc) is 2.69. The van der Waals surface area contributed by atoms with Crippen molar-refractivity contribution < 1.29 is 19.4 Å². The van der Waals surface area contributed by atoms with Gasteiger partial charge in [0.25, 0.3) is 5.91 Å². The van der Waals surface area contributed by atoms with E-state index in [0.29, 0.717) is 36.1 Å². The van der Waals surface area contributed by atoms with Crippen LogP contribution in [0.4, 0.5) is 4.39 Å². The lowest BCUT2D eigenvalue weighted by Crippen LogP contribution is -2.41. The number of carbonyl (C=O) groups excluding carboxylic acids is 1. The Morgan fingerprint density at radius 3 is 2.69 bits per heavy atom. The first-order valence-electron chi connectivity index (χ1n) is 8.45. The summed E-state index contributed by atoms with van der Waals surface area (Å²) in [5, 5.41) is 28.8. The van der Waals surface area contributed by atoms with Gasteiger partial charge in [-0.3, -0.25) is 4.79 Å². The summed E-state index contributed by atoms with van der Waals surface area (Å²) in [5.41, 5.74) is 1.25. The number of rotatable bonds is 3. The van der Waals surface area contributed by atoms with E-state index in [1.807, 2.05) is 6.07 Å². The predicted molar refractivity (Wildman–Crippen MR) is 92.7 cm³/mol. The number of aliphatic hydroxyl groups excluding tert-OH is 1. The molecule has 0 radical (unpaired) electrons. The van der Waals surface area contributed by atoms with E-state index in [4.69, 9.17) is 5.26 Å². The van der Waals surface area contributed by atoms with Crippen molar-refractivity contribution in [3.63, 3.8) is 0 Å². The largest absolute Gasteiger partial charge is 0.505 e. The molecule has 1 amide bonds. The van der Waals surface area contributed by atoms with Crippen LogP contribution in [0.2, 0.25) is 0 Å². The molecule has 0 saturated carbocycles. The minimum absolute atomic E-state index is 0.229. The van der Waals surface area contributed by atoms with Crippen LogP contribution in [0.3, 0.4) is 0 Å². The first-order valence-corrected chi connectivity index (χ1v) is 8.45. The number of phenolic OH excluding ortho intramolecular Hbond substituents is 1. The molecule has 2 unspecified atom stereocenters. The van der Waals surface area contributed by atoms with Crippen molar-refractivity contribution >= 4 is 5.91 Å². The van der Waals surface area contributed by atoms with Gasteiger partial charge < -0.3 is 15.1 Å². The fourth-order valence-corrected chi connectivity index (χ4v) is 3.34. The molecule has 2 atom stereocenters. The second kappa shape index (κ2) is 7.54. The third-order valence-electron chi connectivity index (χ3n) is 4.77. The van der Waals surface area contributed by atoms with Crippen LogP contribution in [0.15, 0.2) is 42.5 Å². The van der Waals surface area contributed by atoms with Crippen molar-refractivity contribution in [3.8, 4) is 11.8 Å². The molecule has 0 spiro atoms. The topological polar surface area (TPSA) is 84.6 Å². The Kier molecular flexibility index (Phi) is 5.19. The van der Waals surface area contributed by atoms with E-state index in [1.165, 1.54) is 11.0 Å². The van der Waals surface area contributed by atoms with E-state index in [9.17, 15) is 19.4 Å². The van der Waals surface area contributed by atoms with Crippen molar-refractivity contribution in [2.75, 3.05) is 13.1 Å². The molecule has 0 aliphatic carbocycles. The molecule has 3 rings (SSSR count). The highest BCUT2D eigenvalue weighted by Crippen LogP contribution is 2.32. The number of aliphatic hydroxyl groups is 1. The molecule has 2 aromatic rings. The van der Waals surface area contributed by atoms with E-state index in [-0.39, 0.29) is 12.5 Å². The molecule has 6 heteroatoms. The zero-order valence-electron chi connectivity index (χ0n) is 14.1. The van der Waals surface area contributed by atoms with E-state index < -0.39 is 23.6 Å². The van der Waals surface area contributed by atoms with Crippen LogP contribution < -0.4 is 0 Å². The van der Waals surface area contributed by atoms with Gasteiger partial charge in [0.05, 0.1) is 11.6 Å². The van der Waals surface area contributed by atoms with E-state index in [0.717, 1.165) is 0 Å². The highest BCUT2D eigenvalue weighted by atomic mass is 19.1. The molecule has 0 aromatic heterocycles. The van der Waals surface area contributed by atoms with Gasteiger partial charge in [0.1, 0.15) is 0 Å². The lowest BCUT2D eigenvalue weighted by atomic mass is 9.89. The minimum Gasteiger partial charge on any atom is -0.505 e. The van der Waals surface area contributed by atoms with Gasteiger partial charge in [-0.15, -0.1) is 0 Å². The second-order valence-corrected chi connectivity index (χ2v) is 6.44. The number of nitriles is 1. The molecule has 134 valence electrons. The van der Waals surface area contributed by atoms with Crippen molar-refractivity contribution in [3.05, 3.63) is 65.0 Å². The zero-order chi connectivity index (χ0) is 18.7. The molecule has 1 heterocycles. The van der Waals surface area contributed by atoms with Gasteiger partial charge >= 0.3 is 0 Å². The quantitative estimate of drug-likeness (QED) is 0.888. The maximum atomic E-state index is 14.2. The number of carbonyl (C=O) groups is 1. The zero-order valence-corrected chi connectivity index (χ0v) is 14.1. The van der Waals surface area contributed by atoms with Crippen LogP contribution in [-0.2, 0) is 4.79 Å². The van der Waals surface area contributed by atoms with Gasteiger partial charge in [-0.25, -0.2) is 4.39 Å². The Balaban J connectivity index is 1.75. The third kappa shape index (κ3) is 3.53. The summed E-state index contributed by atoms with van der Waals surface area (Å²) in [6.07, 6.45) is 0.0680. The highest BCUT2D eigenvalue weighted by Gasteiger charge is 2.30. The standard InChI is InChI=1S/C20H19FN2O3/c21-18-16(4-1-5-17(18)24)15-3-2-10-23(12-15)20(26)19(25)14-8-6-13(11-22)7-9-14/h1,4-9,15,19,24-25H,2-3,10,12H2. The first-order chi connectivity index (χ1) is 12.5. The number of amides is 1. The van der Waals surface area contributed by atoms with Crippen LogP contribution in [0.25, 0.3) is 0 Å². The summed E-state index contributed by atoms with van der Waals surface area (Å²) in [7, 11) is 0. The van der Waals surface area contributed by atoms with Crippen LogP contribution in [0.1, 0.15) is 41.6 Å². The summed E-state index contributed by atoms with van der Waals surface area (Å²) in [6, 6.07) is 12.7. The summed E-state index contributed by atoms with van der Waals surface area (Å²) in [4.78, 5) is 14.2. The Labute approximate surface area is 150 Å². The van der Waals surface area contributed by atoms with Crippen LogP contribution in [-0.4, -0.2) is 34.1 Å². The monoisotopic (exact) mass is 354 g/mol. The molecule has 26 heavy (non-hydrogen) atoms. The molecule has 2 N–H and O–H groups in total. The normalized spacial score (nSPS) is 18.2. The molecule has 1 fully saturated rings. The van der Waals surface area contributed by atoms with Gasteiger partial charge in [-0.1, -0.05) is 24.3 Å². The maximum absolute atomic E-state index is 14.2. The Hall–Kier alpha value is -2.91. The smallest absolute Gasteiger partial charge is 0.256 e. The van der Waals surface area contributed by atoms with E-state index in [2.05, 4.69) is 0 Å². The van der Waals surface area contributed by atoms with Gasteiger partial charge in [-0.2, -0.15) is 5.26 Å². The minimum atomic E-state index is -1.32. The van der Waals surface area contributed by atoms with Crippen molar-refractivity contribution in [1.82, 2.24) is 4.90 Å². The number of piperidine rings is 1. The SMILES string of the molecule is N#Cc1ccc(C(O)C(=O)N2CCCC(c3cccc(O)c3F)C2)cc1. The third-order valence-corrected chi connectivity index (χ3v) is 4.77. The number of hydrogen-bond acceptors (Lipinski definition) is 4. The maximum Gasteiger partial charge on any atom is 0.256 e. The molecular weight excluding hydrogens is 335 g/mol. The molecule has 5 nitrogen and oxygen atoms in total. The molecule has 1 saturated heterocycles. The lowest BCUT2D eigenvalue weighted by molar-refractivity contribution is -0.141. The van der Waals surface area contributed by atoms with Crippen LogP contribution in [0.5, 0.6) is 5.75 Å². The van der Waals surface area contributed by atoms with Gasteiger partial charge in [0, 0.05) is 19.0 Å². The number of nitrogens with zero attached hydrogens (tertiary/aromatic N) is 2.